The minimum Gasteiger partial charge on any atom is -0.342 e. The molecule has 0 aromatic heterocycles. The van der Waals surface area contributed by atoms with Gasteiger partial charge in [0.15, 0.2) is 0 Å². The molecule has 1 aliphatic rings. The quantitative estimate of drug-likeness (QED) is 0.926. The molecule has 0 spiro atoms. The lowest BCUT2D eigenvalue weighted by atomic mass is 9.97. The predicted molar refractivity (Wildman–Crippen MR) is 84.3 cm³/mol. The number of carbonyl (C=O) groups excluding carboxylic acids is 2. The number of carbonyl (C=O) groups is 2. The zero-order valence-electron chi connectivity index (χ0n) is 13.2. The van der Waals surface area contributed by atoms with Crippen molar-refractivity contribution >= 4 is 17.5 Å². The molecule has 1 N–H and O–H groups in total. The maximum absolute atomic E-state index is 12.8. The fourth-order valence-corrected chi connectivity index (χ4v) is 2.84. The second kappa shape index (κ2) is 6.29. The molecular formula is C17H24N2O2. The van der Waals surface area contributed by atoms with Gasteiger partial charge in [-0.1, -0.05) is 45.4 Å². The van der Waals surface area contributed by atoms with Crippen LogP contribution in [0.25, 0.3) is 0 Å². The molecule has 2 unspecified atom stereocenters. The lowest BCUT2D eigenvalue weighted by Crippen LogP contribution is -2.62. The van der Waals surface area contributed by atoms with Crippen LogP contribution in [0.3, 0.4) is 0 Å². The number of anilines is 1. The van der Waals surface area contributed by atoms with Gasteiger partial charge in [-0.3, -0.25) is 14.5 Å². The lowest BCUT2D eigenvalue weighted by molar-refractivity contribution is -0.133. The van der Waals surface area contributed by atoms with E-state index in [2.05, 4.69) is 19.2 Å². The predicted octanol–water partition coefficient (Wildman–Crippen LogP) is 2.83. The smallest absolute Gasteiger partial charge is 0.250 e. The fraction of sp³-hybridized carbons (Fsp3) is 0.529. The molecule has 1 aromatic carbocycles. The van der Waals surface area contributed by atoms with Gasteiger partial charge in [-0.05, 0) is 30.9 Å². The maximum atomic E-state index is 12.8. The summed E-state index contributed by atoms with van der Waals surface area (Å²) < 4.78 is 0. The van der Waals surface area contributed by atoms with Crippen LogP contribution in [0.1, 0.15) is 52.0 Å². The van der Waals surface area contributed by atoms with Crippen LogP contribution in [0.2, 0.25) is 0 Å². The van der Waals surface area contributed by atoms with Gasteiger partial charge in [-0.25, -0.2) is 0 Å². The molecule has 2 rings (SSSR count). The molecule has 1 heterocycles. The van der Waals surface area contributed by atoms with Crippen molar-refractivity contribution in [2.75, 3.05) is 4.90 Å². The van der Waals surface area contributed by atoms with Crippen molar-refractivity contribution in [1.82, 2.24) is 5.32 Å². The highest BCUT2D eigenvalue weighted by Gasteiger charge is 2.39. The Bertz CT molecular complexity index is 539. The number of nitrogens with zero attached hydrogens (tertiary/aromatic N) is 1. The van der Waals surface area contributed by atoms with Crippen LogP contribution in [0, 0.1) is 0 Å². The number of rotatable bonds is 4. The Kier molecular flexibility index (Phi) is 4.66. The summed E-state index contributed by atoms with van der Waals surface area (Å²) in [5.74, 6) is 0.222. The SMILES string of the molecule is CCCC1NC(=O)C(C)N(c2ccccc2C(C)C)C1=O. The summed E-state index contributed by atoms with van der Waals surface area (Å²) in [4.78, 5) is 26.6. The first-order valence-electron chi connectivity index (χ1n) is 7.69. The Balaban J connectivity index is 2.44. The normalized spacial score (nSPS) is 22.6. The largest absolute Gasteiger partial charge is 0.342 e. The number of piperazine rings is 1. The zero-order chi connectivity index (χ0) is 15.6. The second-order valence-electron chi connectivity index (χ2n) is 5.95. The van der Waals surface area contributed by atoms with Crippen molar-refractivity contribution in [2.24, 2.45) is 0 Å². The van der Waals surface area contributed by atoms with E-state index in [1.54, 1.807) is 11.8 Å². The van der Waals surface area contributed by atoms with Crippen LogP contribution in [-0.2, 0) is 9.59 Å². The Morgan fingerprint density at radius 2 is 1.90 bits per heavy atom. The number of hydrogen-bond acceptors (Lipinski definition) is 2. The van der Waals surface area contributed by atoms with E-state index in [1.165, 1.54) is 0 Å². The third-order valence-corrected chi connectivity index (χ3v) is 4.01. The van der Waals surface area contributed by atoms with Gasteiger partial charge in [0.2, 0.25) is 11.8 Å². The third kappa shape index (κ3) is 2.94. The molecule has 0 aliphatic carbocycles. The van der Waals surface area contributed by atoms with Crippen LogP contribution < -0.4 is 10.2 Å². The summed E-state index contributed by atoms with van der Waals surface area (Å²) in [6.07, 6.45) is 1.54. The van der Waals surface area contributed by atoms with Crippen molar-refractivity contribution < 1.29 is 9.59 Å². The first-order chi connectivity index (χ1) is 9.97. The van der Waals surface area contributed by atoms with E-state index in [9.17, 15) is 9.59 Å². The molecule has 0 saturated carbocycles. The maximum Gasteiger partial charge on any atom is 0.250 e. The van der Waals surface area contributed by atoms with Crippen molar-refractivity contribution in [2.45, 2.75) is 58.5 Å². The van der Waals surface area contributed by atoms with Crippen LogP contribution in [0.15, 0.2) is 24.3 Å². The number of nitrogens with one attached hydrogen (secondary N) is 1. The molecule has 21 heavy (non-hydrogen) atoms. The van der Waals surface area contributed by atoms with E-state index in [4.69, 9.17) is 0 Å². The summed E-state index contributed by atoms with van der Waals surface area (Å²) in [6, 6.07) is 6.99. The van der Waals surface area contributed by atoms with Crippen molar-refractivity contribution in [3.63, 3.8) is 0 Å². The molecule has 0 bridgehead atoms. The summed E-state index contributed by atoms with van der Waals surface area (Å²) in [5, 5.41) is 2.84. The van der Waals surface area contributed by atoms with E-state index in [1.807, 2.05) is 31.2 Å². The molecule has 1 saturated heterocycles. The molecular weight excluding hydrogens is 264 g/mol. The van der Waals surface area contributed by atoms with E-state index in [0.717, 1.165) is 17.7 Å². The van der Waals surface area contributed by atoms with Crippen molar-refractivity contribution in [1.29, 1.82) is 0 Å². The topological polar surface area (TPSA) is 49.4 Å². The summed E-state index contributed by atoms with van der Waals surface area (Å²) >= 11 is 0. The lowest BCUT2D eigenvalue weighted by Gasteiger charge is -2.38. The van der Waals surface area contributed by atoms with Gasteiger partial charge in [0.1, 0.15) is 12.1 Å². The highest BCUT2D eigenvalue weighted by Crippen LogP contribution is 2.30. The first-order valence-corrected chi connectivity index (χ1v) is 7.69. The average molecular weight is 288 g/mol. The zero-order valence-corrected chi connectivity index (χ0v) is 13.2. The van der Waals surface area contributed by atoms with Crippen molar-refractivity contribution in [3.8, 4) is 0 Å². The van der Waals surface area contributed by atoms with Gasteiger partial charge < -0.3 is 5.32 Å². The van der Waals surface area contributed by atoms with Gasteiger partial charge in [0.05, 0.1) is 0 Å². The van der Waals surface area contributed by atoms with E-state index in [-0.39, 0.29) is 11.8 Å². The molecule has 1 fully saturated rings. The van der Waals surface area contributed by atoms with E-state index in [0.29, 0.717) is 12.3 Å². The van der Waals surface area contributed by atoms with Gasteiger partial charge in [-0.2, -0.15) is 0 Å². The molecule has 2 amide bonds. The first kappa shape index (κ1) is 15.5. The second-order valence-corrected chi connectivity index (χ2v) is 5.95. The van der Waals surface area contributed by atoms with Crippen LogP contribution in [0.5, 0.6) is 0 Å². The van der Waals surface area contributed by atoms with Crippen LogP contribution in [-0.4, -0.2) is 23.9 Å². The fourth-order valence-electron chi connectivity index (χ4n) is 2.84. The molecule has 1 aliphatic heterocycles. The van der Waals surface area contributed by atoms with E-state index < -0.39 is 12.1 Å². The van der Waals surface area contributed by atoms with Crippen LogP contribution >= 0.6 is 0 Å². The minimum absolute atomic E-state index is 0.00273. The Labute approximate surface area is 126 Å². The van der Waals surface area contributed by atoms with Gasteiger partial charge in [0.25, 0.3) is 0 Å². The molecule has 114 valence electrons. The highest BCUT2D eigenvalue weighted by molar-refractivity contribution is 6.08. The summed E-state index contributed by atoms with van der Waals surface area (Å²) in [6.45, 7) is 8.00. The standard InChI is InChI=1S/C17H24N2O2/c1-5-8-14-17(21)19(12(4)16(20)18-14)15-10-7-6-9-13(15)11(2)3/h6-7,9-12,14H,5,8H2,1-4H3,(H,18,20). The monoisotopic (exact) mass is 288 g/mol. The number of para-hydroxylation sites is 1. The van der Waals surface area contributed by atoms with E-state index >= 15 is 0 Å². The summed E-state index contributed by atoms with van der Waals surface area (Å²) in [7, 11) is 0. The van der Waals surface area contributed by atoms with Crippen LogP contribution in [0.4, 0.5) is 5.69 Å². The number of hydrogen-bond donors (Lipinski definition) is 1. The Morgan fingerprint density at radius 3 is 2.52 bits per heavy atom. The van der Waals surface area contributed by atoms with Crippen molar-refractivity contribution in [3.05, 3.63) is 29.8 Å². The van der Waals surface area contributed by atoms with Gasteiger partial charge >= 0.3 is 0 Å². The third-order valence-electron chi connectivity index (χ3n) is 4.01. The summed E-state index contributed by atoms with van der Waals surface area (Å²) in [5.41, 5.74) is 1.96. The molecule has 0 radical (unpaired) electrons. The Morgan fingerprint density at radius 1 is 1.24 bits per heavy atom. The highest BCUT2D eigenvalue weighted by atomic mass is 16.2. The minimum atomic E-state index is -0.467. The van der Waals surface area contributed by atoms with Gasteiger partial charge in [0, 0.05) is 5.69 Å². The molecule has 1 aromatic rings. The van der Waals surface area contributed by atoms with Gasteiger partial charge in [-0.15, -0.1) is 0 Å². The number of benzene rings is 1. The molecule has 4 nitrogen and oxygen atoms in total. The molecule has 2 atom stereocenters. The average Bonchev–Trinajstić information content (AvgIpc) is 2.45. The number of amides is 2. The molecule has 4 heteroatoms. The Hall–Kier alpha value is -1.84.